The molecule has 0 heterocycles. The van der Waals surface area contributed by atoms with E-state index >= 15 is 0 Å². The maximum atomic E-state index is 6.36. The number of hydrogen-bond donors (Lipinski definition) is 1. The summed E-state index contributed by atoms with van der Waals surface area (Å²) in [5, 5.41) is 4.31. The number of benzene rings is 1. The molecule has 1 aliphatic rings. The van der Waals surface area contributed by atoms with Gasteiger partial charge in [0, 0.05) is 18.2 Å². The molecule has 0 saturated heterocycles. The predicted molar refractivity (Wildman–Crippen MR) is 80.9 cm³/mol. The largest absolute Gasteiger partial charge is 0.377 e. The standard InChI is InChI=1S/C16H24ClNO/c1-12-6-7-13(14(17)10-12)11-15(18-2)16(19-3)8-4-5-9-16/h6-7,10,15,18H,4-5,8-9,11H2,1-3H3. The van der Waals surface area contributed by atoms with Crippen LogP contribution in [0.3, 0.4) is 0 Å². The molecule has 1 unspecified atom stereocenters. The van der Waals surface area contributed by atoms with Crippen LogP contribution in [0.4, 0.5) is 0 Å². The summed E-state index contributed by atoms with van der Waals surface area (Å²) >= 11 is 6.36. The lowest BCUT2D eigenvalue weighted by molar-refractivity contribution is -0.0336. The van der Waals surface area contributed by atoms with Gasteiger partial charge in [0.15, 0.2) is 0 Å². The Hall–Kier alpha value is -0.570. The Morgan fingerprint density at radius 3 is 2.58 bits per heavy atom. The lowest BCUT2D eigenvalue weighted by Gasteiger charge is -2.36. The Kier molecular flexibility index (Phi) is 4.88. The Labute approximate surface area is 121 Å². The van der Waals surface area contributed by atoms with Gasteiger partial charge in [0.05, 0.1) is 5.60 Å². The monoisotopic (exact) mass is 281 g/mol. The lowest BCUT2D eigenvalue weighted by Crippen LogP contribution is -2.50. The molecule has 1 aliphatic carbocycles. The third kappa shape index (κ3) is 3.13. The molecule has 1 saturated carbocycles. The summed E-state index contributed by atoms with van der Waals surface area (Å²) in [5.41, 5.74) is 2.38. The van der Waals surface area contributed by atoms with Gasteiger partial charge in [0.25, 0.3) is 0 Å². The fraction of sp³-hybridized carbons (Fsp3) is 0.625. The Balaban J connectivity index is 2.18. The first-order valence-electron chi connectivity index (χ1n) is 7.09. The van der Waals surface area contributed by atoms with Crippen LogP contribution < -0.4 is 5.32 Å². The first-order chi connectivity index (χ1) is 9.11. The molecule has 1 fully saturated rings. The number of likely N-dealkylation sites (N-methyl/N-ethyl adjacent to an activating group) is 1. The highest BCUT2D eigenvalue weighted by Crippen LogP contribution is 2.37. The number of methoxy groups -OCH3 is 1. The van der Waals surface area contributed by atoms with Gasteiger partial charge >= 0.3 is 0 Å². The van der Waals surface area contributed by atoms with E-state index < -0.39 is 0 Å². The third-order valence-corrected chi connectivity index (χ3v) is 4.82. The molecule has 1 aromatic carbocycles. The van der Waals surface area contributed by atoms with Crippen molar-refractivity contribution in [3.8, 4) is 0 Å². The predicted octanol–water partition coefficient (Wildman–Crippen LogP) is 3.74. The van der Waals surface area contributed by atoms with Gasteiger partial charge in [-0.25, -0.2) is 0 Å². The molecule has 1 N–H and O–H groups in total. The van der Waals surface area contributed by atoms with Crippen LogP contribution in [0.2, 0.25) is 5.02 Å². The molecule has 19 heavy (non-hydrogen) atoms. The molecule has 106 valence electrons. The number of halogens is 1. The van der Waals surface area contributed by atoms with Gasteiger partial charge in [-0.1, -0.05) is 36.6 Å². The van der Waals surface area contributed by atoms with Crippen molar-refractivity contribution >= 4 is 11.6 Å². The number of ether oxygens (including phenoxy) is 1. The van der Waals surface area contributed by atoms with E-state index in [-0.39, 0.29) is 5.60 Å². The number of aryl methyl sites for hydroxylation is 1. The molecule has 0 amide bonds. The zero-order valence-electron chi connectivity index (χ0n) is 12.1. The zero-order valence-corrected chi connectivity index (χ0v) is 12.9. The van der Waals surface area contributed by atoms with Crippen molar-refractivity contribution in [2.24, 2.45) is 0 Å². The molecule has 0 aromatic heterocycles. The maximum absolute atomic E-state index is 6.36. The first-order valence-corrected chi connectivity index (χ1v) is 7.46. The van der Waals surface area contributed by atoms with Crippen LogP contribution in [0.5, 0.6) is 0 Å². The van der Waals surface area contributed by atoms with Gasteiger partial charge < -0.3 is 10.1 Å². The van der Waals surface area contributed by atoms with E-state index in [4.69, 9.17) is 16.3 Å². The minimum atomic E-state index is -0.0248. The summed E-state index contributed by atoms with van der Waals surface area (Å²) < 4.78 is 5.88. The van der Waals surface area contributed by atoms with Crippen LogP contribution in [0, 0.1) is 6.92 Å². The molecule has 0 bridgehead atoms. The zero-order chi connectivity index (χ0) is 13.9. The summed E-state index contributed by atoms with van der Waals surface area (Å²) in [7, 11) is 3.86. The average Bonchev–Trinajstić information content (AvgIpc) is 2.88. The van der Waals surface area contributed by atoms with Gasteiger partial charge in [-0.3, -0.25) is 0 Å². The summed E-state index contributed by atoms with van der Waals surface area (Å²) in [6, 6.07) is 6.63. The molecule has 2 rings (SSSR count). The van der Waals surface area contributed by atoms with Crippen LogP contribution in [0.15, 0.2) is 18.2 Å². The van der Waals surface area contributed by atoms with E-state index in [1.807, 2.05) is 20.2 Å². The van der Waals surface area contributed by atoms with E-state index in [2.05, 4.69) is 24.4 Å². The van der Waals surface area contributed by atoms with Gasteiger partial charge in [-0.2, -0.15) is 0 Å². The van der Waals surface area contributed by atoms with Gasteiger partial charge in [0.1, 0.15) is 0 Å². The van der Waals surface area contributed by atoms with Crippen LogP contribution in [-0.4, -0.2) is 25.8 Å². The summed E-state index contributed by atoms with van der Waals surface area (Å²) in [4.78, 5) is 0. The quantitative estimate of drug-likeness (QED) is 0.888. The molecule has 1 atom stereocenters. The van der Waals surface area contributed by atoms with Crippen molar-refractivity contribution in [1.29, 1.82) is 0 Å². The fourth-order valence-electron chi connectivity index (χ4n) is 3.26. The molecule has 0 spiro atoms. The van der Waals surface area contributed by atoms with Gasteiger partial charge in [-0.05, 0) is 50.4 Å². The highest BCUT2D eigenvalue weighted by Gasteiger charge is 2.40. The van der Waals surface area contributed by atoms with E-state index in [1.54, 1.807) is 0 Å². The number of hydrogen-bond acceptors (Lipinski definition) is 2. The third-order valence-electron chi connectivity index (χ3n) is 4.47. The van der Waals surface area contributed by atoms with Crippen molar-refractivity contribution in [2.75, 3.05) is 14.2 Å². The van der Waals surface area contributed by atoms with Crippen molar-refractivity contribution in [1.82, 2.24) is 5.32 Å². The molecular formula is C16H24ClNO. The summed E-state index contributed by atoms with van der Waals surface area (Å²) in [6.45, 7) is 2.07. The van der Waals surface area contributed by atoms with Crippen LogP contribution >= 0.6 is 11.6 Å². The Morgan fingerprint density at radius 1 is 1.37 bits per heavy atom. The summed E-state index contributed by atoms with van der Waals surface area (Å²) in [6.07, 6.45) is 5.71. The maximum Gasteiger partial charge on any atom is 0.0834 e. The number of nitrogens with one attached hydrogen (secondary N) is 1. The van der Waals surface area contributed by atoms with Crippen molar-refractivity contribution in [3.05, 3.63) is 34.3 Å². The highest BCUT2D eigenvalue weighted by atomic mass is 35.5. The van der Waals surface area contributed by atoms with Crippen LogP contribution in [-0.2, 0) is 11.2 Å². The molecular weight excluding hydrogens is 258 g/mol. The second-order valence-electron chi connectivity index (χ2n) is 5.62. The minimum absolute atomic E-state index is 0.0248. The van der Waals surface area contributed by atoms with Crippen molar-refractivity contribution in [3.63, 3.8) is 0 Å². The SMILES string of the molecule is CNC(Cc1ccc(C)cc1Cl)C1(OC)CCCC1. The number of rotatable bonds is 5. The second kappa shape index (κ2) is 6.25. The fourth-order valence-corrected chi connectivity index (χ4v) is 3.57. The van der Waals surface area contributed by atoms with Crippen LogP contribution in [0.25, 0.3) is 0 Å². The smallest absolute Gasteiger partial charge is 0.0834 e. The van der Waals surface area contributed by atoms with Crippen LogP contribution in [0.1, 0.15) is 36.8 Å². The summed E-state index contributed by atoms with van der Waals surface area (Å²) in [5.74, 6) is 0. The Bertz CT molecular complexity index is 427. The van der Waals surface area contributed by atoms with E-state index in [1.165, 1.54) is 24.0 Å². The van der Waals surface area contributed by atoms with Crippen molar-refractivity contribution in [2.45, 2.75) is 50.7 Å². The highest BCUT2D eigenvalue weighted by molar-refractivity contribution is 6.31. The molecule has 3 heteroatoms. The average molecular weight is 282 g/mol. The lowest BCUT2D eigenvalue weighted by atomic mass is 9.87. The van der Waals surface area contributed by atoms with Gasteiger partial charge in [-0.15, -0.1) is 0 Å². The first kappa shape index (κ1) is 14.8. The molecule has 1 aromatic rings. The normalized spacial score (nSPS) is 19.6. The Morgan fingerprint density at radius 2 is 2.05 bits per heavy atom. The minimum Gasteiger partial charge on any atom is -0.377 e. The molecule has 2 nitrogen and oxygen atoms in total. The van der Waals surface area contributed by atoms with Crippen molar-refractivity contribution < 1.29 is 4.74 Å². The van der Waals surface area contributed by atoms with E-state index in [9.17, 15) is 0 Å². The van der Waals surface area contributed by atoms with Gasteiger partial charge in [0.2, 0.25) is 0 Å². The topological polar surface area (TPSA) is 21.3 Å². The van der Waals surface area contributed by atoms with E-state index in [0.717, 1.165) is 24.3 Å². The van der Waals surface area contributed by atoms with E-state index in [0.29, 0.717) is 6.04 Å². The molecule has 0 aliphatic heterocycles. The molecule has 0 radical (unpaired) electrons. The second-order valence-corrected chi connectivity index (χ2v) is 6.02.